The van der Waals surface area contributed by atoms with Gasteiger partial charge < -0.3 is 35.7 Å². The average molecular weight is 584 g/mol. The first kappa shape index (κ1) is 29.5. The number of amides is 3. The molecule has 5 N–H and O–H groups in total. The molecule has 12 nitrogen and oxygen atoms in total. The average Bonchev–Trinajstić information content (AvgIpc) is 3.64. The quantitative estimate of drug-likeness (QED) is 0.307. The lowest BCUT2D eigenvalue weighted by molar-refractivity contribution is -0.123. The van der Waals surface area contributed by atoms with E-state index in [1.165, 1.54) is 33.3 Å². The molecule has 218 valence electrons. The second kappa shape index (κ2) is 12.8. The van der Waals surface area contributed by atoms with Gasteiger partial charge in [0.25, 0.3) is 11.8 Å². The predicted octanol–water partition coefficient (Wildman–Crippen LogP) is 3.31. The summed E-state index contributed by atoms with van der Waals surface area (Å²) in [6, 6.07) is 8.47. The highest BCUT2D eigenvalue weighted by atomic mass is 32.1. The molecule has 0 bridgehead atoms. The van der Waals surface area contributed by atoms with Crippen molar-refractivity contribution in [1.82, 2.24) is 9.69 Å². The van der Waals surface area contributed by atoms with Gasteiger partial charge in [-0.3, -0.25) is 19.3 Å². The summed E-state index contributed by atoms with van der Waals surface area (Å²) in [4.78, 5) is 41.8. The van der Waals surface area contributed by atoms with Gasteiger partial charge in [-0.05, 0) is 54.7 Å². The topological polar surface area (TPSA) is 168 Å². The number of aromatic nitrogens is 1. The lowest BCUT2D eigenvalue weighted by Crippen LogP contribution is -2.46. The molecule has 2 aromatic carbocycles. The molecule has 1 fully saturated rings. The fourth-order valence-electron chi connectivity index (χ4n) is 4.89. The summed E-state index contributed by atoms with van der Waals surface area (Å²) >= 11 is 0.711. The van der Waals surface area contributed by atoms with Gasteiger partial charge in [-0.2, -0.15) is 4.37 Å². The number of hydrogen-bond acceptors (Lipinski definition) is 10. The second-order valence-electron chi connectivity index (χ2n) is 9.35. The highest BCUT2D eigenvalue weighted by Gasteiger charge is 2.40. The molecule has 1 aliphatic rings. The molecule has 3 aromatic rings. The van der Waals surface area contributed by atoms with Gasteiger partial charge in [-0.15, -0.1) is 0 Å². The third-order valence-corrected chi connectivity index (χ3v) is 7.81. The summed E-state index contributed by atoms with van der Waals surface area (Å²) in [5, 5.41) is 3.11. The summed E-state index contributed by atoms with van der Waals surface area (Å²) in [6.45, 7) is 0. The van der Waals surface area contributed by atoms with E-state index in [4.69, 9.17) is 30.4 Å². The Bertz CT molecular complexity index is 1440. The van der Waals surface area contributed by atoms with E-state index in [0.717, 1.165) is 25.7 Å². The van der Waals surface area contributed by atoms with Crippen LogP contribution in [0.3, 0.4) is 0 Å². The number of nitrogens with one attached hydrogen (secondary N) is 1. The number of nitrogens with two attached hydrogens (primary N) is 2. The zero-order chi connectivity index (χ0) is 29.7. The predicted molar refractivity (Wildman–Crippen MR) is 154 cm³/mol. The number of carbonyl (C=O) groups excluding carboxylic acids is 3. The summed E-state index contributed by atoms with van der Waals surface area (Å²) in [5.74, 6) is -0.523. The molecule has 1 heterocycles. The van der Waals surface area contributed by atoms with E-state index in [2.05, 4.69) is 9.69 Å². The van der Waals surface area contributed by atoms with E-state index < -0.39 is 23.8 Å². The molecule has 1 atom stereocenters. The fraction of sp³-hybridized carbons (Fsp3) is 0.357. The zero-order valence-electron chi connectivity index (χ0n) is 23.3. The van der Waals surface area contributed by atoms with E-state index in [1.807, 2.05) is 0 Å². The normalized spacial score (nSPS) is 13.8. The van der Waals surface area contributed by atoms with Crippen molar-refractivity contribution in [2.24, 2.45) is 5.73 Å². The number of benzene rings is 2. The first-order valence-electron chi connectivity index (χ1n) is 12.9. The molecule has 0 radical (unpaired) electrons. The van der Waals surface area contributed by atoms with Gasteiger partial charge in [0.2, 0.25) is 5.91 Å². The summed E-state index contributed by atoms with van der Waals surface area (Å²) in [6.07, 6.45) is 3.61. The van der Waals surface area contributed by atoms with E-state index in [1.54, 1.807) is 36.4 Å². The highest BCUT2D eigenvalue weighted by molar-refractivity contribution is 7.09. The summed E-state index contributed by atoms with van der Waals surface area (Å²) in [7, 11) is 5.91. The molecular formula is C28H33N5O7S. The SMILES string of the molecule is COc1ccc(N(C(=O)c2snc(C(N)=O)c2N)[C@@H](C(=O)NC2CCCC2)c2cc(OC)ccc2OC)c(OC)c1. The Morgan fingerprint density at radius 2 is 1.59 bits per heavy atom. The number of primary amides is 1. The van der Waals surface area contributed by atoms with E-state index in [0.29, 0.717) is 34.3 Å². The number of rotatable bonds is 11. The molecule has 1 saturated carbocycles. The van der Waals surface area contributed by atoms with Crippen molar-refractivity contribution >= 4 is 40.6 Å². The first-order chi connectivity index (χ1) is 19.7. The lowest BCUT2D eigenvalue weighted by atomic mass is 10.00. The van der Waals surface area contributed by atoms with Crippen LogP contribution in [-0.4, -0.2) is 56.6 Å². The molecule has 0 saturated heterocycles. The smallest absolute Gasteiger partial charge is 0.273 e. The molecule has 13 heteroatoms. The Labute approximate surface area is 241 Å². The van der Waals surface area contributed by atoms with Crippen LogP contribution in [0.2, 0.25) is 0 Å². The van der Waals surface area contributed by atoms with Crippen LogP contribution in [0.1, 0.15) is 57.4 Å². The van der Waals surface area contributed by atoms with Crippen LogP contribution < -0.4 is 40.6 Å². The largest absolute Gasteiger partial charge is 0.497 e. The molecule has 0 aliphatic heterocycles. The zero-order valence-corrected chi connectivity index (χ0v) is 24.1. The fourth-order valence-corrected chi connectivity index (χ4v) is 5.63. The van der Waals surface area contributed by atoms with Crippen LogP contribution in [0.15, 0.2) is 36.4 Å². The Balaban J connectivity index is 1.99. The van der Waals surface area contributed by atoms with Crippen LogP contribution >= 0.6 is 11.5 Å². The van der Waals surface area contributed by atoms with E-state index >= 15 is 0 Å². The van der Waals surface area contributed by atoms with Crippen molar-refractivity contribution in [2.75, 3.05) is 39.1 Å². The molecule has 3 amide bonds. The van der Waals surface area contributed by atoms with Gasteiger partial charge in [0, 0.05) is 17.7 Å². The van der Waals surface area contributed by atoms with Gasteiger partial charge in [0.05, 0.1) is 39.8 Å². The Morgan fingerprint density at radius 3 is 2.17 bits per heavy atom. The number of nitrogen functional groups attached to an aromatic ring is 1. The molecule has 0 spiro atoms. The molecule has 0 unspecified atom stereocenters. The van der Waals surface area contributed by atoms with Gasteiger partial charge in [0.15, 0.2) is 5.69 Å². The van der Waals surface area contributed by atoms with Crippen LogP contribution in [0.4, 0.5) is 11.4 Å². The first-order valence-corrected chi connectivity index (χ1v) is 13.6. The van der Waals surface area contributed by atoms with Crippen molar-refractivity contribution in [3.05, 3.63) is 52.5 Å². The van der Waals surface area contributed by atoms with Crippen molar-refractivity contribution in [1.29, 1.82) is 0 Å². The van der Waals surface area contributed by atoms with Gasteiger partial charge in [0.1, 0.15) is 33.9 Å². The number of hydrogen-bond donors (Lipinski definition) is 3. The molecule has 41 heavy (non-hydrogen) atoms. The highest BCUT2D eigenvalue weighted by Crippen LogP contribution is 2.42. The van der Waals surface area contributed by atoms with Crippen LogP contribution in [0.5, 0.6) is 23.0 Å². The minimum atomic E-state index is -1.28. The van der Waals surface area contributed by atoms with Crippen molar-refractivity contribution in [2.45, 2.75) is 37.8 Å². The van der Waals surface area contributed by atoms with Crippen LogP contribution in [0, 0.1) is 0 Å². The Kier molecular flexibility index (Phi) is 9.17. The van der Waals surface area contributed by atoms with E-state index in [9.17, 15) is 14.4 Å². The molecule has 1 aliphatic carbocycles. The number of nitrogens with zero attached hydrogens (tertiary/aromatic N) is 2. The summed E-state index contributed by atoms with van der Waals surface area (Å²) < 4.78 is 26.1. The van der Waals surface area contributed by atoms with Gasteiger partial charge >= 0.3 is 0 Å². The van der Waals surface area contributed by atoms with Crippen LogP contribution in [0.25, 0.3) is 0 Å². The van der Waals surface area contributed by atoms with E-state index in [-0.39, 0.29) is 33.7 Å². The number of ether oxygens (including phenoxy) is 4. The monoisotopic (exact) mass is 583 g/mol. The molecular weight excluding hydrogens is 550 g/mol. The van der Waals surface area contributed by atoms with Crippen molar-refractivity contribution in [3.63, 3.8) is 0 Å². The maximum Gasteiger partial charge on any atom is 0.273 e. The minimum Gasteiger partial charge on any atom is -0.497 e. The second-order valence-corrected chi connectivity index (χ2v) is 10.1. The number of carbonyl (C=O) groups is 3. The third kappa shape index (κ3) is 5.99. The minimum absolute atomic E-state index is 0.0637. The molecule has 1 aromatic heterocycles. The maximum absolute atomic E-state index is 14.5. The van der Waals surface area contributed by atoms with Gasteiger partial charge in [-0.1, -0.05) is 12.8 Å². The lowest BCUT2D eigenvalue weighted by Gasteiger charge is -2.33. The molecule has 4 rings (SSSR count). The Hall–Kier alpha value is -4.52. The third-order valence-electron chi connectivity index (χ3n) is 6.96. The van der Waals surface area contributed by atoms with Crippen LogP contribution in [-0.2, 0) is 4.79 Å². The Morgan fingerprint density at radius 1 is 0.951 bits per heavy atom. The number of methoxy groups -OCH3 is 4. The maximum atomic E-state index is 14.5. The van der Waals surface area contributed by atoms with Gasteiger partial charge in [-0.25, -0.2) is 0 Å². The standard InChI is InChI=1S/C28H33N5O7S/c1-37-16-10-12-20(39-3)18(13-16)24(27(35)31-15-7-5-6-8-15)33(19-11-9-17(38-2)14-21(19)40-4)28(36)25-22(29)23(26(30)34)32-41-25/h9-15,24H,5-8,29H2,1-4H3,(H2,30,34)(H,31,35)/t24-/m1/s1. The van der Waals surface area contributed by atoms with Crippen molar-refractivity contribution in [3.8, 4) is 23.0 Å². The summed E-state index contributed by atoms with van der Waals surface area (Å²) in [5.41, 5.74) is 11.8. The number of anilines is 2. The van der Waals surface area contributed by atoms with Crippen molar-refractivity contribution < 1.29 is 33.3 Å².